The van der Waals surface area contributed by atoms with Crippen molar-refractivity contribution in [3.63, 3.8) is 0 Å². The van der Waals surface area contributed by atoms with Crippen LogP contribution in [-0.4, -0.2) is 42.4 Å². The van der Waals surface area contributed by atoms with Crippen LogP contribution < -0.4 is 0 Å². The molecule has 1 amide bonds. The van der Waals surface area contributed by atoms with Gasteiger partial charge in [-0.2, -0.15) is 0 Å². The fourth-order valence-corrected chi connectivity index (χ4v) is 5.16. The minimum absolute atomic E-state index is 0.170. The van der Waals surface area contributed by atoms with Gasteiger partial charge in [-0.1, -0.05) is 6.92 Å². The molecule has 0 bridgehead atoms. The number of likely N-dealkylation sites (tertiary alicyclic amines) is 1. The first-order valence-electron chi connectivity index (χ1n) is 8.77. The maximum atomic E-state index is 12.8. The molecule has 3 aliphatic rings. The van der Waals surface area contributed by atoms with Crippen molar-refractivity contribution in [3.05, 3.63) is 21.4 Å². The summed E-state index contributed by atoms with van der Waals surface area (Å²) < 4.78 is 11.8. The molecule has 1 aliphatic carbocycles. The predicted molar refractivity (Wildman–Crippen MR) is 89.9 cm³/mol. The lowest BCUT2D eigenvalue weighted by atomic mass is 9.90. The zero-order chi connectivity index (χ0) is 16.0. The minimum Gasteiger partial charge on any atom is -0.347 e. The van der Waals surface area contributed by atoms with Crippen LogP contribution in [0.4, 0.5) is 0 Å². The average Bonchev–Trinajstić information content (AvgIpc) is 3.11. The molecule has 4 rings (SSSR count). The number of ether oxygens (including phenoxy) is 2. The lowest BCUT2D eigenvalue weighted by Crippen LogP contribution is -2.47. The van der Waals surface area contributed by atoms with Gasteiger partial charge in [0.15, 0.2) is 5.79 Å². The molecule has 1 aromatic heterocycles. The van der Waals surface area contributed by atoms with Gasteiger partial charge in [-0.15, -0.1) is 11.3 Å². The Morgan fingerprint density at radius 2 is 2.13 bits per heavy atom. The molecule has 0 aromatic carbocycles. The summed E-state index contributed by atoms with van der Waals surface area (Å²) in [6.07, 6.45) is 5.25. The van der Waals surface area contributed by atoms with Gasteiger partial charge >= 0.3 is 0 Å². The molecule has 2 atom stereocenters. The lowest BCUT2D eigenvalue weighted by Gasteiger charge is -2.37. The van der Waals surface area contributed by atoms with E-state index >= 15 is 0 Å². The van der Waals surface area contributed by atoms with Crippen molar-refractivity contribution in [2.24, 2.45) is 5.92 Å². The van der Waals surface area contributed by atoms with Crippen LogP contribution in [0.15, 0.2) is 6.07 Å². The number of rotatable bonds is 1. The predicted octanol–water partition coefficient (Wildman–Crippen LogP) is 3.24. The van der Waals surface area contributed by atoms with E-state index in [1.807, 2.05) is 11.8 Å². The van der Waals surface area contributed by atoms with Gasteiger partial charge in [0.05, 0.1) is 17.6 Å². The van der Waals surface area contributed by atoms with Gasteiger partial charge in [-0.3, -0.25) is 4.79 Å². The molecule has 2 fully saturated rings. The van der Waals surface area contributed by atoms with Crippen LogP contribution >= 0.6 is 11.3 Å². The van der Waals surface area contributed by atoms with Gasteiger partial charge in [0.25, 0.3) is 5.91 Å². The summed E-state index contributed by atoms with van der Waals surface area (Å²) in [4.78, 5) is 17.1. The highest BCUT2D eigenvalue weighted by Crippen LogP contribution is 2.36. The molecule has 0 radical (unpaired) electrons. The standard InChI is InChI=1S/C18H25NO3S/c1-12-3-4-15-14(9-12)10-16(23-15)17(20)19-7-5-18(6-8-19)21-11-13(2)22-18/h10,12-13H,3-9,11H2,1-2H3. The Kier molecular flexibility index (Phi) is 3.98. The Hall–Kier alpha value is -0.910. The number of amides is 1. The zero-order valence-corrected chi connectivity index (χ0v) is 14.8. The Labute approximate surface area is 141 Å². The van der Waals surface area contributed by atoms with Gasteiger partial charge in [-0.05, 0) is 43.7 Å². The lowest BCUT2D eigenvalue weighted by molar-refractivity contribution is -0.189. The van der Waals surface area contributed by atoms with E-state index in [0.29, 0.717) is 6.61 Å². The van der Waals surface area contributed by atoms with Crippen LogP contribution in [0.25, 0.3) is 0 Å². The third kappa shape index (κ3) is 2.94. The van der Waals surface area contributed by atoms with Gasteiger partial charge in [0.1, 0.15) is 0 Å². The average molecular weight is 335 g/mol. The van der Waals surface area contributed by atoms with Crippen molar-refractivity contribution in [1.29, 1.82) is 0 Å². The van der Waals surface area contributed by atoms with Crippen LogP contribution in [-0.2, 0) is 22.3 Å². The normalized spacial score (nSPS) is 29.7. The van der Waals surface area contributed by atoms with Crippen molar-refractivity contribution in [2.75, 3.05) is 19.7 Å². The first kappa shape index (κ1) is 15.6. The van der Waals surface area contributed by atoms with Crippen molar-refractivity contribution in [3.8, 4) is 0 Å². The maximum Gasteiger partial charge on any atom is 0.263 e. The second-order valence-electron chi connectivity index (χ2n) is 7.35. The van der Waals surface area contributed by atoms with Crippen LogP contribution in [0.5, 0.6) is 0 Å². The summed E-state index contributed by atoms with van der Waals surface area (Å²) in [5.41, 5.74) is 1.40. The summed E-state index contributed by atoms with van der Waals surface area (Å²) in [5, 5.41) is 0. The van der Waals surface area contributed by atoms with Crippen LogP contribution in [0.2, 0.25) is 0 Å². The fourth-order valence-electron chi connectivity index (χ4n) is 3.98. The molecule has 2 aliphatic heterocycles. The largest absolute Gasteiger partial charge is 0.347 e. The molecule has 126 valence electrons. The number of piperidine rings is 1. The van der Waals surface area contributed by atoms with Crippen molar-refractivity contribution in [1.82, 2.24) is 4.90 Å². The second kappa shape index (κ2) is 5.87. The molecule has 1 spiro atoms. The number of carbonyl (C=O) groups is 1. The highest BCUT2D eigenvalue weighted by Gasteiger charge is 2.43. The Balaban J connectivity index is 1.42. The summed E-state index contributed by atoms with van der Waals surface area (Å²) in [7, 11) is 0. The molecule has 23 heavy (non-hydrogen) atoms. The maximum absolute atomic E-state index is 12.8. The zero-order valence-electron chi connectivity index (χ0n) is 14.0. The van der Waals surface area contributed by atoms with E-state index in [2.05, 4.69) is 13.0 Å². The third-order valence-electron chi connectivity index (χ3n) is 5.35. The number of aryl methyl sites for hydroxylation is 1. The van der Waals surface area contributed by atoms with Gasteiger partial charge in [0.2, 0.25) is 0 Å². The van der Waals surface area contributed by atoms with E-state index in [9.17, 15) is 4.79 Å². The first-order valence-corrected chi connectivity index (χ1v) is 9.59. The molecule has 2 unspecified atom stereocenters. The smallest absolute Gasteiger partial charge is 0.263 e. The van der Waals surface area contributed by atoms with E-state index in [1.54, 1.807) is 11.3 Å². The number of thiophene rings is 1. The molecule has 2 saturated heterocycles. The number of nitrogens with zero attached hydrogens (tertiary/aromatic N) is 1. The minimum atomic E-state index is -0.430. The molecule has 1 aromatic rings. The SMILES string of the molecule is CC1CCc2sc(C(=O)N3CCC4(CC3)OCC(C)O4)cc2C1. The quantitative estimate of drug-likeness (QED) is 0.791. The van der Waals surface area contributed by atoms with Crippen LogP contribution in [0.3, 0.4) is 0 Å². The van der Waals surface area contributed by atoms with Crippen molar-refractivity contribution < 1.29 is 14.3 Å². The van der Waals surface area contributed by atoms with Gasteiger partial charge in [0, 0.05) is 30.8 Å². The van der Waals surface area contributed by atoms with Crippen molar-refractivity contribution in [2.45, 2.75) is 57.8 Å². The number of fused-ring (bicyclic) bond motifs is 1. The van der Waals surface area contributed by atoms with Crippen LogP contribution in [0, 0.1) is 5.92 Å². The third-order valence-corrected chi connectivity index (χ3v) is 6.57. The second-order valence-corrected chi connectivity index (χ2v) is 8.49. The Bertz CT molecular complexity index is 603. The summed E-state index contributed by atoms with van der Waals surface area (Å²) in [6, 6.07) is 2.15. The van der Waals surface area contributed by atoms with Gasteiger partial charge in [-0.25, -0.2) is 0 Å². The van der Waals surface area contributed by atoms with E-state index in [0.717, 1.165) is 49.6 Å². The molecular weight excluding hydrogens is 310 g/mol. The van der Waals surface area contributed by atoms with Crippen molar-refractivity contribution >= 4 is 17.2 Å². The van der Waals surface area contributed by atoms with E-state index in [-0.39, 0.29) is 12.0 Å². The van der Waals surface area contributed by atoms with Gasteiger partial charge < -0.3 is 14.4 Å². The highest BCUT2D eigenvalue weighted by molar-refractivity contribution is 7.14. The number of hydrogen-bond acceptors (Lipinski definition) is 4. The molecular formula is C18H25NO3S. The molecule has 5 heteroatoms. The Morgan fingerprint density at radius 3 is 2.83 bits per heavy atom. The van der Waals surface area contributed by atoms with E-state index in [1.165, 1.54) is 16.9 Å². The van der Waals surface area contributed by atoms with E-state index < -0.39 is 5.79 Å². The van der Waals surface area contributed by atoms with Crippen LogP contribution in [0.1, 0.15) is 53.2 Å². The topological polar surface area (TPSA) is 38.8 Å². The fraction of sp³-hybridized carbons (Fsp3) is 0.722. The first-order chi connectivity index (χ1) is 11.0. The number of carbonyl (C=O) groups excluding carboxylic acids is 1. The molecule has 3 heterocycles. The number of hydrogen-bond donors (Lipinski definition) is 0. The van der Waals surface area contributed by atoms with E-state index in [4.69, 9.17) is 9.47 Å². The summed E-state index contributed by atoms with van der Waals surface area (Å²) in [6.45, 7) is 6.47. The summed E-state index contributed by atoms with van der Waals surface area (Å²) >= 11 is 1.71. The monoisotopic (exact) mass is 335 g/mol. The molecule has 0 N–H and O–H groups in total. The molecule has 4 nitrogen and oxygen atoms in total. The Morgan fingerprint density at radius 1 is 1.35 bits per heavy atom. The highest BCUT2D eigenvalue weighted by atomic mass is 32.1. The summed E-state index contributed by atoms with van der Waals surface area (Å²) in [5.74, 6) is 0.506. The molecule has 0 saturated carbocycles.